The summed E-state index contributed by atoms with van der Waals surface area (Å²) in [4.78, 5) is 27.8. The predicted octanol–water partition coefficient (Wildman–Crippen LogP) is 4.91. The van der Waals surface area contributed by atoms with Gasteiger partial charge in [-0.05, 0) is 63.3 Å². The van der Waals surface area contributed by atoms with Gasteiger partial charge in [-0.15, -0.1) is 0 Å². The molecule has 0 spiro atoms. The molecule has 2 amide bonds. The number of ether oxygens (including phenoxy) is 2. The Morgan fingerprint density at radius 1 is 0.912 bits per heavy atom. The number of nitrogens with one attached hydrogen (secondary N) is 1. The van der Waals surface area contributed by atoms with Gasteiger partial charge in [0.05, 0.1) is 13.2 Å². The highest BCUT2D eigenvalue weighted by Gasteiger charge is 2.26. The normalized spacial score (nSPS) is 11.7. The summed E-state index contributed by atoms with van der Waals surface area (Å²) in [6, 6.07) is 13.3. The SMILES string of the molecule is CCOc1ccc(CCC(=O)N(Cc2ccc(C)cc2)[C@@H](C)C(=O)NCC(C)C)cc1OCC. The molecule has 1 atom stereocenters. The Balaban J connectivity index is 2.16. The van der Waals surface area contributed by atoms with Gasteiger partial charge in [-0.2, -0.15) is 0 Å². The molecule has 0 saturated carbocycles. The van der Waals surface area contributed by atoms with Crippen LogP contribution in [-0.4, -0.2) is 42.5 Å². The third kappa shape index (κ3) is 8.40. The van der Waals surface area contributed by atoms with Gasteiger partial charge in [0.1, 0.15) is 6.04 Å². The summed E-state index contributed by atoms with van der Waals surface area (Å²) in [6.07, 6.45) is 0.850. The quantitative estimate of drug-likeness (QED) is 0.453. The minimum Gasteiger partial charge on any atom is -0.490 e. The number of hydrogen-bond donors (Lipinski definition) is 1. The number of rotatable bonds is 13. The lowest BCUT2D eigenvalue weighted by Gasteiger charge is -2.29. The number of carbonyl (C=O) groups is 2. The van der Waals surface area contributed by atoms with E-state index < -0.39 is 6.04 Å². The largest absolute Gasteiger partial charge is 0.490 e. The van der Waals surface area contributed by atoms with E-state index in [0.29, 0.717) is 56.6 Å². The summed E-state index contributed by atoms with van der Waals surface area (Å²) < 4.78 is 11.4. The van der Waals surface area contributed by atoms with Crippen LogP contribution in [0.5, 0.6) is 11.5 Å². The van der Waals surface area contributed by atoms with Crippen LogP contribution in [0.25, 0.3) is 0 Å². The first-order valence-corrected chi connectivity index (χ1v) is 12.3. The van der Waals surface area contributed by atoms with E-state index in [1.165, 1.54) is 0 Å². The zero-order valence-corrected chi connectivity index (χ0v) is 21.5. The van der Waals surface area contributed by atoms with Gasteiger partial charge in [-0.25, -0.2) is 0 Å². The molecule has 6 nitrogen and oxygen atoms in total. The van der Waals surface area contributed by atoms with E-state index in [2.05, 4.69) is 5.32 Å². The fraction of sp³-hybridized carbons (Fsp3) is 0.500. The number of nitrogens with zero attached hydrogens (tertiary/aromatic N) is 1. The molecular weight excluding hydrogens is 428 g/mol. The van der Waals surface area contributed by atoms with Crippen LogP contribution >= 0.6 is 0 Å². The van der Waals surface area contributed by atoms with E-state index in [-0.39, 0.29) is 11.8 Å². The topological polar surface area (TPSA) is 67.9 Å². The second kappa shape index (κ2) is 13.6. The molecule has 1 N–H and O–H groups in total. The van der Waals surface area contributed by atoms with Crippen LogP contribution in [0.4, 0.5) is 0 Å². The summed E-state index contributed by atoms with van der Waals surface area (Å²) in [5.41, 5.74) is 3.15. The van der Waals surface area contributed by atoms with E-state index >= 15 is 0 Å². The molecule has 2 aromatic carbocycles. The van der Waals surface area contributed by atoms with Crippen LogP contribution in [0, 0.1) is 12.8 Å². The molecule has 0 saturated heterocycles. The molecular formula is C28H40N2O4. The number of benzene rings is 2. The lowest BCUT2D eigenvalue weighted by molar-refractivity contribution is -0.140. The zero-order valence-electron chi connectivity index (χ0n) is 21.5. The van der Waals surface area contributed by atoms with Gasteiger partial charge in [0, 0.05) is 19.5 Å². The Labute approximate surface area is 204 Å². The maximum Gasteiger partial charge on any atom is 0.242 e. The molecule has 0 heterocycles. The second-order valence-corrected chi connectivity index (χ2v) is 8.97. The van der Waals surface area contributed by atoms with Crippen molar-refractivity contribution in [1.82, 2.24) is 10.2 Å². The van der Waals surface area contributed by atoms with Crippen molar-refractivity contribution in [2.75, 3.05) is 19.8 Å². The Hall–Kier alpha value is -3.02. The molecule has 0 aromatic heterocycles. The first-order valence-electron chi connectivity index (χ1n) is 12.3. The summed E-state index contributed by atoms with van der Waals surface area (Å²) in [5, 5.41) is 2.96. The highest BCUT2D eigenvalue weighted by atomic mass is 16.5. The van der Waals surface area contributed by atoms with Gasteiger partial charge in [-0.1, -0.05) is 49.7 Å². The molecule has 34 heavy (non-hydrogen) atoms. The first-order chi connectivity index (χ1) is 16.2. The fourth-order valence-corrected chi connectivity index (χ4v) is 3.57. The molecule has 0 aliphatic rings. The van der Waals surface area contributed by atoms with Gasteiger partial charge >= 0.3 is 0 Å². The van der Waals surface area contributed by atoms with Crippen molar-refractivity contribution in [3.05, 3.63) is 59.2 Å². The average Bonchev–Trinajstić information content (AvgIpc) is 2.81. The smallest absolute Gasteiger partial charge is 0.242 e. The van der Waals surface area contributed by atoms with Crippen molar-refractivity contribution >= 4 is 11.8 Å². The Morgan fingerprint density at radius 3 is 2.15 bits per heavy atom. The van der Waals surface area contributed by atoms with E-state index in [9.17, 15) is 9.59 Å². The van der Waals surface area contributed by atoms with E-state index in [0.717, 1.165) is 16.7 Å². The third-order valence-corrected chi connectivity index (χ3v) is 5.56. The molecule has 0 bridgehead atoms. The van der Waals surface area contributed by atoms with Crippen LogP contribution in [0.1, 0.15) is 57.7 Å². The zero-order chi connectivity index (χ0) is 25.1. The summed E-state index contributed by atoms with van der Waals surface area (Å²) in [5.74, 6) is 1.55. The number of amides is 2. The lowest BCUT2D eigenvalue weighted by atomic mass is 10.1. The molecule has 6 heteroatoms. The molecule has 0 aliphatic carbocycles. The second-order valence-electron chi connectivity index (χ2n) is 8.97. The Morgan fingerprint density at radius 2 is 1.53 bits per heavy atom. The van der Waals surface area contributed by atoms with Crippen molar-refractivity contribution in [2.45, 2.75) is 67.0 Å². The number of hydrogen-bond acceptors (Lipinski definition) is 4. The highest BCUT2D eigenvalue weighted by molar-refractivity contribution is 5.87. The molecule has 186 valence electrons. The Bertz CT molecular complexity index is 925. The van der Waals surface area contributed by atoms with E-state index in [1.54, 1.807) is 11.8 Å². The summed E-state index contributed by atoms with van der Waals surface area (Å²) >= 11 is 0. The van der Waals surface area contributed by atoms with Crippen LogP contribution < -0.4 is 14.8 Å². The van der Waals surface area contributed by atoms with Gasteiger partial charge in [0.15, 0.2) is 11.5 Å². The maximum absolute atomic E-state index is 13.3. The minimum atomic E-state index is -0.563. The van der Waals surface area contributed by atoms with Crippen LogP contribution in [0.3, 0.4) is 0 Å². The standard InChI is InChI=1S/C28H40N2O4/c1-7-33-25-15-13-23(17-26(25)34-8-2)14-16-27(31)30(19-24-11-9-21(5)10-12-24)22(6)28(32)29-18-20(3)4/h9-13,15,17,20,22H,7-8,14,16,18-19H2,1-6H3,(H,29,32)/t22-/m0/s1. The van der Waals surface area contributed by atoms with E-state index in [1.807, 2.05) is 77.1 Å². The van der Waals surface area contributed by atoms with Crippen LogP contribution in [-0.2, 0) is 22.6 Å². The molecule has 0 radical (unpaired) electrons. The Kier molecular flexibility index (Phi) is 10.9. The molecule has 0 fully saturated rings. The number of carbonyl (C=O) groups excluding carboxylic acids is 2. The van der Waals surface area contributed by atoms with Gasteiger partial charge in [0.2, 0.25) is 11.8 Å². The third-order valence-electron chi connectivity index (χ3n) is 5.56. The first kappa shape index (κ1) is 27.2. The van der Waals surface area contributed by atoms with Crippen molar-refractivity contribution < 1.29 is 19.1 Å². The van der Waals surface area contributed by atoms with Crippen molar-refractivity contribution in [2.24, 2.45) is 5.92 Å². The van der Waals surface area contributed by atoms with Gasteiger partial charge in [0.25, 0.3) is 0 Å². The van der Waals surface area contributed by atoms with Crippen molar-refractivity contribution in [3.8, 4) is 11.5 Å². The van der Waals surface area contributed by atoms with Crippen LogP contribution in [0.2, 0.25) is 0 Å². The average molecular weight is 469 g/mol. The van der Waals surface area contributed by atoms with Gasteiger partial charge in [-0.3, -0.25) is 9.59 Å². The maximum atomic E-state index is 13.3. The van der Waals surface area contributed by atoms with Gasteiger partial charge < -0.3 is 19.7 Å². The van der Waals surface area contributed by atoms with Crippen LogP contribution in [0.15, 0.2) is 42.5 Å². The van der Waals surface area contributed by atoms with Crippen molar-refractivity contribution in [3.63, 3.8) is 0 Å². The van der Waals surface area contributed by atoms with Crippen molar-refractivity contribution in [1.29, 1.82) is 0 Å². The predicted molar refractivity (Wildman–Crippen MR) is 136 cm³/mol. The monoisotopic (exact) mass is 468 g/mol. The fourth-order valence-electron chi connectivity index (χ4n) is 3.57. The summed E-state index contributed by atoms with van der Waals surface area (Å²) in [6.45, 7) is 13.9. The molecule has 0 unspecified atom stereocenters. The molecule has 0 aliphatic heterocycles. The molecule has 2 aromatic rings. The highest BCUT2D eigenvalue weighted by Crippen LogP contribution is 2.29. The lowest BCUT2D eigenvalue weighted by Crippen LogP contribution is -2.48. The molecule has 2 rings (SSSR count). The minimum absolute atomic E-state index is 0.0559. The number of aryl methyl sites for hydroxylation is 2. The van der Waals surface area contributed by atoms with E-state index in [4.69, 9.17) is 9.47 Å². The summed E-state index contributed by atoms with van der Waals surface area (Å²) in [7, 11) is 0.